The fourth-order valence-corrected chi connectivity index (χ4v) is 0.589. The van der Waals surface area contributed by atoms with E-state index in [2.05, 4.69) is 13.5 Å². The van der Waals surface area contributed by atoms with E-state index in [9.17, 15) is 4.39 Å². The largest absolute Gasteiger partial charge is 0.251 e. The maximum absolute atomic E-state index is 11.5. The van der Waals surface area contributed by atoms with Crippen LogP contribution in [0.5, 0.6) is 0 Å². The number of hydrogen-bond donors (Lipinski definition) is 0. The maximum Gasteiger partial charge on any atom is 0.0894 e. The molecule has 0 aromatic rings. The van der Waals surface area contributed by atoms with Gasteiger partial charge in [0.1, 0.15) is 0 Å². The minimum Gasteiger partial charge on any atom is -0.251 e. The van der Waals surface area contributed by atoms with Crippen molar-refractivity contribution in [3.63, 3.8) is 0 Å². The topological polar surface area (TPSA) is 0 Å². The SMILES string of the molecule is [CH2]C(CCCF)C(=C)Cl. The lowest BCUT2D eigenvalue weighted by molar-refractivity contribution is 0.448. The van der Waals surface area contributed by atoms with Gasteiger partial charge in [-0.3, -0.25) is 4.39 Å². The van der Waals surface area contributed by atoms with Gasteiger partial charge in [-0.1, -0.05) is 18.2 Å². The number of alkyl halides is 1. The van der Waals surface area contributed by atoms with Gasteiger partial charge in [0.25, 0.3) is 0 Å². The van der Waals surface area contributed by atoms with Crippen LogP contribution in [0.3, 0.4) is 0 Å². The van der Waals surface area contributed by atoms with Crippen molar-refractivity contribution in [3.8, 4) is 0 Å². The Hall–Kier alpha value is -0.0400. The van der Waals surface area contributed by atoms with Crippen molar-refractivity contribution in [3.05, 3.63) is 18.5 Å². The van der Waals surface area contributed by atoms with Crippen LogP contribution >= 0.6 is 11.6 Å². The van der Waals surface area contributed by atoms with Gasteiger partial charge in [0.05, 0.1) is 6.67 Å². The average Bonchev–Trinajstić information content (AvgIpc) is 1.82. The van der Waals surface area contributed by atoms with Gasteiger partial charge in [-0.05, 0) is 25.7 Å². The summed E-state index contributed by atoms with van der Waals surface area (Å²) in [6, 6.07) is 0. The van der Waals surface area contributed by atoms with Crippen LogP contribution in [0.1, 0.15) is 12.8 Å². The molecule has 0 heterocycles. The molecule has 0 N–H and O–H groups in total. The molecule has 0 rings (SSSR count). The summed E-state index contributed by atoms with van der Waals surface area (Å²) in [7, 11) is 0. The van der Waals surface area contributed by atoms with Gasteiger partial charge < -0.3 is 0 Å². The molecule has 0 saturated heterocycles. The van der Waals surface area contributed by atoms with Crippen LogP contribution in [0.2, 0.25) is 0 Å². The molecule has 0 aromatic carbocycles. The van der Waals surface area contributed by atoms with E-state index in [0.717, 1.165) is 0 Å². The summed E-state index contributed by atoms with van der Waals surface area (Å²) in [5.74, 6) is 0.00224. The lowest BCUT2D eigenvalue weighted by Crippen LogP contribution is -1.93. The van der Waals surface area contributed by atoms with E-state index < -0.39 is 0 Å². The van der Waals surface area contributed by atoms with Crippen LogP contribution in [0.4, 0.5) is 4.39 Å². The predicted molar refractivity (Wildman–Crippen MR) is 39.0 cm³/mol. The zero-order chi connectivity index (χ0) is 7.28. The molecule has 1 atom stereocenters. The van der Waals surface area contributed by atoms with E-state index in [1.54, 1.807) is 0 Å². The summed E-state index contributed by atoms with van der Waals surface area (Å²) in [6.07, 6.45) is 1.22. The molecule has 0 bridgehead atoms. The standard InChI is InChI=1S/C7H11ClF/c1-6(7(2)8)4-3-5-9/h6H,1-5H2. The van der Waals surface area contributed by atoms with Gasteiger partial charge in [-0.2, -0.15) is 0 Å². The molecule has 0 spiro atoms. The summed E-state index contributed by atoms with van der Waals surface area (Å²) in [5, 5.41) is 0.517. The minimum atomic E-state index is -0.295. The van der Waals surface area contributed by atoms with E-state index in [1.165, 1.54) is 0 Å². The Morgan fingerprint density at radius 3 is 2.56 bits per heavy atom. The van der Waals surface area contributed by atoms with E-state index >= 15 is 0 Å². The third kappa shape index (κ3) is 4.46. The minimum absolute atomic E-state index is 0.00224. The first-order valence-corrected chi connectivity index (χ1v) is 3.29. The maximum atomic E-state index is 11.5. The quantitative estimate of drug-likeness (QED) is 0.577. The van der Waals surface area contributed by atoms with E-state index in [-0.39, 0.29) is 12.6 Å². The Morgan fingerprint density at radius 1 is 1.67 bits per heavy atom. The lowest BCUT2D eigenvalue weighted by atomic mass is 10.1. The van der Waals surface area contributed by atoms with Crippen LogP contribution < -0.4 is 0 Å². The van der Waals surface area contributed by atoms with Gasteiger partial charge in [0.2, 0.25) is 0 Å². The van der Waals surface area contributed by atoms with Crippen molar-refractivity contribution in [2.45, 2.75) is 12.8 Å². The molecular formula is C7H11ClF. The highest BCUT2D eigenvalue weighted by Crippen LogP contribution is 2.17. The van der Waals surface area contributed by atoms with Crippen LogP contribution in [-0.4, -0.2) is 6.67 Å². The van der Waals surface area contributed by atoms with Crippen LogP contribution in [0, 0.1) is 12.8 Å². The molecule has 0 fully saturated rings. The Labute approximate surface area is 60.7 Å². The first kappa shape index (κ1) is 8.96. The predicted octanol–water partition coefficient (Wildman–Crippen LogP) is 2.94. The van der Waals surface area contributed by atoms with Crippen molar-refractivity contribution < 1.29 is 4.39 Å². The molecule has 0 aliphatic carbocycles. The van der Waals surface area contributed by atoms with Gasteiger partial charge in [-0.25, -0.2) is 0 Å². The fraction of sp³-hybridized carbons (Fsp3) is 0.571. The summed E-state index contributed by atoms with van der Waals surface area (Å²) >= 11 is 5.48. The normalized spacial score (nSPS) is 13.2. The zero-order valence-corrected chi connectivity index (χ0v) is 6.12. The van der Waals surface area contributed by atoms with Crippen molar-refractivity contribution in [1.82, 2.24) is 0 Å². The summed E-state index contributed by atoms with van der Waals surface area (Å²) in [5.41, 5.74) is 0. The van der Waals surface area contributed by atoms with Crippen molar-refractivity contribution >= 4 is 11.6 Å². The smallest absolute Gasteiger partial charge is 0.0894 e. The first-order valence-electron chi connectivity index (χ1n) is 2.91. The molecule has 0 aliphatic rings. The molecule has 0 aliphatic heterocycles. The van der Waals surface area contributed by atoms with E-state index in [4.69, 9.17) is 11.6 Å². The van der Waals surface area contributed by atoms with Gasteiger partial charge >= 0.3 is 0 Å². The number of hydrogen-bond acceptors (Lipinski definition) is 0. The highest BCUT2D eigenvalue weighted by molar-refractivity contribution is 6.29. The third-order valence-electron chi connectivity index (χ3n) is 1.13. The second-order valence-corrected chi connectivity index (χ2v) is 2.46. The van der Waals surface area contributed by atoms with Crippen LogP contribution in [-0.2, 0) is 0 Å². The summed E-state index contributed by atoms with van der Waals surface area (Å²) in [4.78, 5) is 0. The molecule has 0 amide bonds. The Bertz CT molecular complexity index is 90.9. The number of halogens is 2. The molecule has 1 unspecified atom stereocenters. The first-order chi connectivity index (χ1) is 4.18. The second kappa shape index (κ2) is 4.80. The zero-order valence-electron chi connectivity index (χ0n) is 5.37. The summed E-state index contributed by atoms with van der Waals surface area (Å²) < 4.78 is 11.5. The van der Waals surface area contributed by atoms with Gasteiger partial charge in [0, 0.05) is 5.03 Å². The van der Waals surface area contributed by atoms with Crippen molar-refractivity contribution in [1.29, 1.82) is 0 Å². The van der Waals surface area contributed by atoms with Crippen LogP contribution in [0.15, 0.2) is 11.6 Å². The van der Waals surface area contributed by atoms with E-state index in [0.29, 0.717) is 17.9 Å². The monoisotopic (exact) mass is 149 g/mol. The molecular weight excluding hydrogens is 139 g/mol. The van der Waals surface area contributed by atoms with Crippen molar-refractivity contribution in [2.75, 3.05) is 6.67 Å². The third-order valence-corrected chi connectivity index (χ3v) is 1.44. The highest BCUT2D eigenvalue weighted by atomic mass is 35.5. The number of rotatable bonds is 4. The van der Waals surface area contributed by atoms with Gasteiger partial charge in [-0.15, -0.1) is 0 Å². The Morgan fingerprint density at radius 2 is 2.22 bits per heavy atom. The average molecular weight is 150 g/mol. The van der Waals surface area contributed by atoms with Crippen LogP contribution in [0.25, 0.3) is 0 Å². The molecule has 9 heavy (non-hydrogen) atoms. The molecule has 53 valence electrons. The number of allylic oxidation sites excluding steroid dienone is 1. The second-order valence-electron chi connectivity index (χ2n) is 1.97. The highest BCUT2D eigenvalue weighted by Gasteiger charge is 2.02. The van der Waals surface area contributed by atoms with Gasteiger partial charge in [0.15, 0.2) is 0 Å². The lowest BCUT2D eigenvalue weighted by Gasteiger charge is -2.05. The molecule has 2 heteroatoms. The van der Waals surface area contributed by atoms with E-state index in [1.807, 2.05) is 0 Å². The fourth-order valence-electron chi connectivity index (χ4n) is 0.480. The summed E-state index contributed by atoms with van der Waals surface area (Å²) in [6.45, 7) is 6.87. The molecule has 0 aromatic heterocycles. The molecule has 0 nitrogen and oxygen atoms in total. The van der Waals surface area contributed by atoms with Crippen molar-refractivity contribution in [2.24, 2.45) is 5.92 Å². The Balaban J connectivity index is 3.27. The molecule has 1 radical (unpaired) electrons. The Kier molecular flexibility index (Phi) is 4.78. The molecule has 0 saturated carbocycles.